The number of nitrogens with one attached hydrogen (secondary N) is 1. The van der Waals surface area contributed by atoms with Crippen molar-refractivity contribution in [2.45, 2.75) is 6.92 Å². The fourth-order valence-corrected chi connectivity index (χ4v) is 1.37. The van der Waals surface area contributed by atoms with E-state index in [9.17, 15) is 4.57 Å². The first-order chi connectivity index (χ1) is 6.13. The number of benzene rings is 1. The molecule has 0 fully saturated rings. The third kappa shape index (κ3) is 4.61. The molecule has 0 bridgehead atoms. The van der Waals surface area contributed by atoms with E-state index in [1.807, 2.05) is 19.1 Å². The molecule has 5 heteroatoms. The van der Waals surface area contributed by atoms with Gasteiger partial charge in [0, 0.05) is 5.56 Å². The number of aryl methyl sites for hydroxylation is 1. The van der Waals surface area contributed by atoms with E-state index < -0.39 is 8.03 Å². The third-order valence-corrected chi connectivity index (χ3v) is 2.24. The summed E-state index contributed by atoms with van der Waals surface area (Å²) in [5, 5.41) is 7.88. The van der Waals surface area contributed by atoms with Crippen LogP contribution in [0.25, 0.3) is 0 Å². The Hall–Kier alpha value is -0.920. The Morgan fingerprint density at radius 3 is 2.31 bits per heavy atom. The van der Waals surface area contributed by atoms with Crippen molar-refractivity contribution in [3.63, 3.8) is 0 Å². The van der Waals surface area contributed by atoms with Gasteiger partial charge in [-0.3, -0.25) is 0 Å². The maximum Gasteiger partial charge on any atom is 0.546 e. The minimum Gasteiger partial charge on any atom is -0.248 e. The maximum atomic E-state index is 10.6. The summed E-state index contributed by atoms with van der Waals surface area (Å²) in [4.78, 5) is 8.71. The van der Waals surface area contributed by atoms with Crippen LogP contribution in [0.15, 0.2) is 24.3 Å². The number of thiocarbonyl (C=S) groups is 1. The van der Waals surface area contributed by atoms with Crippen molar-refractivity contribution in [2.75, 3.05) is 0 Å². The lowest BCUT2D eigenvalue weighted by Gasteiger charge is -1.87. The lowest BCUT2D eigenvalue weighted by molar-refractivity contribution is 0.513. The molecule has 1 aromatic rings. The predicted molar refractivity (Wildman–Crippen MR) is 56.0 cm³/mol. The van der Waals surface area contributed by atoms with Crippen molar-refractivity contribution in [2.24, 2.45) is 0 Å². The molecule has 0 radical (unpaired) electrons. The summed E-state index contributed by atoms with van der Waals surface area (Å²) in [5.74, 6) is 0. The number of rotatable bonds is 1. The number of hydrogen-bond donors (Lipinski definition) is 2. The van der Waals surface area contributed by atoms with E-state index in [-0.39, 0.29) is 0 Å². The zero-order valence-electron chi connectivity index (χ0n) is 7.02. The molecule has 0 aliphatic carbocycles. The van der Waals surface area contributed by atoms with Crippen molar-refractivity contribution in [3.05, 3.63) is 29.8 Å². The highest BCUT2D eigenvalue weighted by Gasteiger charge is 2.17. The molecule has 1 rings (SSSR count). The van der Waals surface area contributed by atoms with E-state index in [2.05, 4.69) is 12.2 Å². The zero-order valence-corrected chi connectivity index (χ0v) is 8.73. The van der Waals surface area contributed by atoms with Crippen LogP contribution in [0.3, 0.4) is 0 Å². The van der Waals surface area contributed by atoms with Crippen molar-refractivity contribution >= 4 is 30.7 Å². The normalized spacial score (nSPS) is 9.23. The van der Waals surface area contributed by atoms with Crippen LogP contribution in [-0.4, -0.2) is 10.1 Å². The summed E-state index contributed by atoms with van der Waals surface area (Å²) >= 11 is 3.81. The molecule has 0 amide bonds. The molecule has 0 aromatic heterocycles. The van der Waals surface area contributed by atoms with Crippen molar-refractivity contribution < 1.29 is 9.46 Å². The van der Waals surface area contributed by atoms with E-state index in [0.29, 0.717) is 5.30 Å². The van der Waals surface area contributed by atoms with Crippen LogP contribution in [0.1, 0.15) is 5.56 Å². The SMILES string of the molecule is Cc1ccccc1[P+](=O)O.N=C=S. The second-order valence-corrected chi connectivity index (χ2v) is 3.39. The molecule has 3 nitrogen and oxygen atoms in total. The van der Waals surface area contributed by atoms with Gasteiger partial charge in [0.1, 0.15) is 0 Å². The summed E-state index contributed by atoms with van der Waals surface area (Å²) in [7, 11) is -2.17. The lowest BCUT2D eigenvalue weighted by Crippen LogP contribution is -1.99. The molecule has 13 heavy (non-hydrogen) atoms. The van der Waals surface area contributed by atoms with Crippen LogP contribution >= 0.6 is 20.2 Å². The molecule has 1 aromatic carbocycles. The average molecular weight is 214 g/mol. The molecule has 0 saturated carbocycles. The maximum absolute atomic E-state index is 10.6. The Balaban J connectivity index is 0.000000424. The minimum absolute atomic E-state index is 0.525. The van der Waals surface area contributed by atoms with E-state index in [1.54, 1.807) is 17.3 Å². The molecule has 68 valence electrons. The van der Waals surface area contributed by atoms with Crippen LogP contribution in [0.4, 0.5) is 0 Å². The van der Waals surface area contributed by atoms with E-state index in [4.69, 9.17) is 10.3 Å². The number of isothiocyanates is 1. The summed E-state index contributed by atoms with van der Waals surface area (Å²) in [5.41, 5.74) is 0.867. The van der Waals surface area contributed by atoms with Crippen LogP contribution in [0.5, 0.6) is 0 Å². The quantitative estimate of drug-likeness (QED) is 0.427. The highest BCUT2D eigenvalue weighted by Crippen LogP contribution is 2.14. The molecule has 0 aliphatic heterocycles. The standard InChI is InChI=1S/C7H7O2P.CHNS/c1-6-4-2-3-5-7(6)10(8)9;2-1-3/h2-5H,1H3;2H/p+1. The first-order valence-electron chi connectivity index (χ1n) is 3.39. The fourth-order valence-electron chi connectivity index (χ4n) is 0.778. The van der Waals surface area contributed by atoms with Gasteiger partial charge in [0.25, 0.3) is 0 Å². The summed E-state index contributed by atoms with van der Waals surface area (Å²) in [6.07, 6.45) is 0. The molecular formula is C8H9NO2PS+. The van der Waals surface area contributed by atoms with E-state index >= 15 is 0 Å². The molecule has 1 unspecified atom stereocenters. The third-order valence-electron chi connectivity index (χ3n) is 1.32. The Kier molecular flexibility index (Phi) is 6.11. The van der Waals surface area contributed by atoms with Gasteiger partial charge in [-0.2, -0.15) is 4.89 Å². The van der Waals surface area contributed by atoms with Crippen molar-refractivity contribution in [1.82, 2.24) is 0 Å². The fraction of sp³-hybridized carbons (Fsp3) is 0.125. The Morgan fingerprint density at radius 1 is 1.54 bits per heavy atom. The van der Waals surface area contributed by atoms with Gasteiger partial charge in [0.15, 0.2) is 0 Å². The highest BCUT2D eigenvalue weighted by molar-refractivity contribution is 7.78. The molecule has 0 heterocycles. The second-order valence-electron chi connectivity index (χ2n) is 2.16. The Labute approximate surface area is 82.8 Å². The largest absolute Gasteiger partial charge is 0.546 e. The molecule has 2 N–H and O–H groups in total. The topological polar surface area (TPSA) is 61.1 Å². The molecule has 1 atom stereocenters. The second kappa shape index (κ2) is 6.58. The predicted octanol–water partition coefficient (Wildman–Crippen LogP) is 2.02. The van der Waals surface area contributed by atoms with E-state index in [1.165, 1.54) is 0 Å². The van der Waals surface area contributed by atoms with E-state index in [0.717, 1.165) is 5.56 Å². The lowest BCUT2D eigenvalue weighted by atomic mass is 10.2. The molecular weight excluding hydrogens is 205 g/mol. The molecule has 0 spiro atoms. The summed E-state index contributed by atoms with van der Waals surface area (Å²) in [6, 6.07) is 7.08. The highest BCUT2D eigenvalue weighted by atomic mass is 32.1. The van der Waals surface area contributed by atoms with Gasteiger partial charge in [0.2, 0.25) is 5.30 Å². The van der Waals surface area contributed by atoms with Crippen LogP contribution in [-0.2, 0) is 4.57 Å². The van der Waals surface area contributed by atoms with Gasteiger partial charge < -0.3 is 0 Å². The first-order valence-corrected chi connectivity index (χ1v) is 5.01. The first kappa shape index (κ1) is 12.1. The Bertz CT molecular complexity index is 335. The monoisotopic (exact) mass is 214 g/mol. The van der Waals surface area contributed by atoms with Crippen LogP contribution in [0, 0.1) is 12.3 Å². The van der Waals surface area contributed by atoms with Crippen molar-refractivity contribution in [3.8, 4) is 0 Å². The van der Waals surface area contributed by atoms with Gasteiger partial charge >= 0.3 is 8.03 Å². The number of hydrogen-bond acceptors (Lipinski definition) is 3. The minimum atomic E-state index is -2.17. The zero-order chi connectivity index (χ0) is 10.3. The molecule has 0 saturated heterocycles. The van der Waals surface area contributed by atoms with Gasteiger partial charge in [-0.1, -0.05) is 18.2 Å². The van der Waals surface area contributed by atoms with Crippen LogP contribution in [0.2, 0.25) is 0 Å². The summed E-state index contributed by atoms with van der Waals surface area (Å²) in [6.45, 7) is 1.82. The van der Waals surface area contributed by atoms with Gasteiger partial charge in [-0.15, -0.1) is 0 Å². The van der Waals surface area contributed by atoms with Gasteiger partial charge in [-0.05, 0) is 29.8 Å². The van der Waals surface area contributed by atoms with Gasteiger partial charge in [-0.25, -0.2) is 5.41 Å². The van der Waals surface area contributed by atoms with Crippen molar-refractivity contribution in [1.29, 1.82) is 5.41 Å². The Morgan fingerprint density at radius 2 is 2.00 bits per heavy atom. The summed E-state index contributed by atoms with van der Waals surface area (Å²) < 4.78 is 10.6. The molecule has 0 aliphatic rings. The smallest absolute Gasteiger partial charge is 0.248 e. The average Bonchev–Trinajstić information content (AvgIpc) is 2.06. The van der Waals surface area contributed by atoms with Crippen LogP contribution < -0.4 is 5.30 Å². The van der Waals surface area contributed by atoms with Gasteiger partial charge in [0.05, 0.1) is 5.16 Å².